The van der Waals surface area contributed by atoms with E-state index in [1.54, 1.807) is 0 Å². The number of aryl methyl sites for hydroxylation is 1. The maximum Gasteiger partial charge on any atom is 0.0725 e. The zero-order chi connectivity index (χ0) is 14.1. The van der Waals surface area contributed by atoms with Gasteiger partial charge in [0.1, 0.15) is 0 Å². The molecule has 0 bridgehead atoms. The third-order valence-corrected chi connectivity index (χ3v) is 4.80. The van der Waals surface area contributed by atoms with Gasteiger partial charge in [-0.3, -0.25) is 4.98 Å². The second kappa shape index (κ2) is 5.43. The van der Waals surface area contributed by atoms with E-state index in [4.69, 9.17) is 0 Å². The first-order chi connectivity index (χ1) is 9.63. The van der Waals surface area contributed by atoms with Crippen molar-refractivity contribution in [2.24, 2.45) is 11.8 Å². The van der Waals surface area contributed by atoms with Gasteiger partial charge in [0, 0.05) is 22.8 Å². The van der Waals surface area contributed by atoms with Gasteiger partial charge in [-0.1, -0.05) is 32.0 Å². The van der Waals surface area contributed by atoms with Crippen molar-refractivity contribution in [3.8, 4) is 0 Å². The number of hydrogen-bond donors (Lipinski definition) is 1. The summed E-state index contributed by atoms with van der Waals surface area (Å²) in [6, 6.07) is 11.2. The Morgan fingerprint density at radius 3 is 2.70 bits per heavy atom. The van der Waals surface area contributed by atoms with E-state index >= 15 is 0 Å². The van der Waals surface area contributed by atoms with Gasteiger partial charge < -0.3 is 5.32 Å². The highest BCUT2D eigenvalue weighted by atomic mass is 14.9. The number of anilines is 1. The molecule has 3 atom stereocenters. The molecule has 3 rings (SSSR count). The first-order valence-electron chi connectivity index (χ1n) is 7.76. The summed E-state index contributed by atoms with van der Waals surface area (Å²) in [5.41, 5.74) is 3.43. The van der Waals surface area contributed by atoms with E-state index < -0.39 is 0 Å². The normalized spacial score (nSPS) is 26.6. The van der Waals surface area contributed by atoms with Gasteiger partial charge in [0.15, 0.2) is 0 Å². The number of pyridine rings is 1. The molecule has 1 N–H and O–H groups in total. The maximum atomic E-state index is 4.62. The molecule has 1 aliphatic carbocycles. The minimum Gasteiger partial charge on any atom is -0.382 e. The van der Waals surface area contributed by atoms with Crippen molar-refractivity contribution in [3.63, 3.8) is 0 Å². The fraction of sp³-hybridized carbons (Fsp3) is 0.500. The quantitative estimate of drug-likeness (QED) is 0.847. The van der Waals surface area contributed by atoms with E-state index in [9.17, 15) is 0 Å². The van der Waals surface area contributed by atoms with Crippen LogP contribution in [0.3, 0.4) is 0 Å². The van der Waals surface area contributed by atoms with E-state index in [-0.39, 0.29) is 0 Å². The molecule has 20 heavy (non-hydrogen) atoms. The van der Waals surface area contributed by atoms with Crippen LogP contribution in [0, 0.1) is 18.8 Å². The van der Waals surface area contributed by atoms with Crippen LogP contribution >= 0.6 is 0 Å². The summed E-state index contributed by atoms with van der Waals surface area (Å²) >= 11 is 0. The fourth-order valence-corrected chi connectivity index (χ4v) is 3.33. The molecule has 0 spiro atoms. The van der Waals surface area contributed by atoms with Crippen LogP contribution < -0.4 is 5.32 Å². The van der Waals surface area contributed by atoms with Crippen LogP contribution in [0.15, 0.2) is 30.3 Å². The van der Waals surface area contributed by atoms with E-state index in [0.717, 1.165) is 23.0 Å². The number of nitrogens with zero attached hydrogens (tertiary/aromatic N) is 1. The molecule has 1 aromatic heterocycles. The Labute approximate surface area is 121 Å². The molecule has 1 aromatic carbocycles. The minimum atomic E-state index is 0.603. The second-order valence-corrected chi connectivity index (χ2v) is 6.44. The molecule has 106 valence electrons. The Morgan fingerprint density at radius 2 is 1.90 bits per heavy atom. The van der Waals surface area contributed by atoms with Crippen molar-refractivity contribution < 1.29 is 0 Å². The van der Waals surface area contributed by atoms with Crippen molar-refractivity contribution >= 4 is 16.6 Å². The van der Waals surface area contributed by atoms with Crippen molar-refractivity contribution in [1.82, 2.24) is 4.98 Å². The summed E-state index contributed by atoms with van der Waals surface area (Å²) in [6.45, 7) is 6.84. The van der Waals surface area contributed by atoms with E-state index in [1.165, 1.54) is 30.3 Å². The second-order valence-electron chi connectivity index (χ2n) is 6.44. The topological polar surface area (TPSA) is 24.9 Å². The number of nitrogens with one attached hydrogen (secondary N) is 1. The van der Waals surface area contributed by atoms with Gasteiger partial charge in [-0.05, 0) is 50.2 Å². The van der Waals surface area contributed by atoms with Crippen LogP contribution in [-0.2, 0) is 0 Å². The van der Waals surface area contributed by atoms with Crippen molar-refractivity contribution in [2.75, 3.05) is 5.32 Å². The fourth-order valence-electron chi connectivity index (χ4n) is 3.33. The van der Waals surface area contributed by atoms with Crippen LogP contribution in [-0.4, -0.2) is 11.0 Å². The molecule has 1 fully saturated rings. The molecule has 1 aliphatic rings. The van der Waals surface area contributed by atoms with Gasteiger partial charge in [0.2, 0.25) is 0 Å². The van der Waals surface area contributed by atoms with Gasteiger partial charge >= 0.3 is 0 Å². The molecular formula is C18H24N2. The van der Waals surface area contributed by atoms with Crippen LogP contribution in [0.4, 0.5) is 5.69 Å². The average molecular weight is 268 g/mol. The van der Waals surface area contributed by atoms with Gasteiger partial charge in [-0.25, -0.2) is 0 Å². The lowest BCUT2D eigenvalue weighted by Gasteiger charge is -2.33. The van der Waals surface area contributed by atoms with Crippen molar-refractivity contribution in [2.45, 2.75) is 46.1 Å². The van der Waals surface area contributed by atoms with Crippen LogP contribution in [0.1, 0.15) is 38.8 Å². The monoisotopic (exact) mass is 268 g/mol. The zero-order valence-electron chi connectivity index (χ0n) is 12.7. The molecule has 0 aliphatic heterocycles. The average Bonchev–Trinajstić information content (AvgIpc) is 2.43. The molecule has 1 heterocycles. The minimum absolute atomic E-state index is 0.603. The third-order valence-electron chi connectivity index (χ3n) is 4.80. The molecule has 2 aromatic rings. The van der Waals surface area contributed by atoms with E-state index in [0.29, 0.717) is 6.04 Å². The van der Waals surface area contributed by atoms with Gasteiger partial charge in [0.05, 0.1) is 5.52 Å². The third kappa shape index (κ3) is 2.65. The van der Waals surface area contributed by atoms with Crippen molar-refractivity contribution in [1.29, 1.82) is 0 Å². The summed E-state index contributed by atoms with van der Waals surface area (Å²) in [7, 11) is 0. The van der Waals surface area contributed by atoms with E-state index in [2.05, 4.69) is 61.4 Å². The Balaban J connectivity index is 1.87. The van der Waals surface area contributed by atoms with Gasteiger partial charge in [0.25, 0.3) is 0 Å². The highest BCUT2D eigenvalue weighted by Gasteiger charge is 2.24. The lowest BCUT2D eigenvalue weighted by atomic mass is 9.79. The predicted molar refractivity (Wildman–Crippen MR) is 86.1 cm³/mol. The zero-order valence-corrected chi connectivity index (χ0v) is 12.7. The molecule has 3 unspecified atom stereocenters. The van der Waals surface area contributed by atoms with Crippen LogP contribution in [0.25, 0.3) is 10.9 Å². The molecule has 0 amide bonds. The van der Waals surface area contributed by atoms with Crippen LogP contribution in [0.2, 0.25) is 0 Å². The maximum absolute atomic E-state index is 4.62. The van der Waals surface area contributed by atoms with Crippen LogP contribution in [0.5, 0.6) is 0 Å². The molecular weight excluding hydrogens is 244 g/mol. The lowest BCUT2D eigenvalue weighted by molar-refractivity contribution is 0.261. The first kappa shape index (κ1) is 13.4. The number of benzene rings is 1. The summed E-state index contributed by atoms with van der Waals surface area (Å²) in [4.78, 5) is 4.62. The molecule has 0 saturated heterocycles. The summed E-state index contributed by atoms with van der Waals surface area (Å²) in [5, 5.41) is 5.02. The Bertz CT molecular complexity index is 605. The van der Waals surface area contributed by atoms with E-state index in [1.807, 2.05) is 0 Å². The lowest BCUT2D eigenvalue weighted by Crippen LogP contribution is -2.30. The first-order valence-corrected chi connectivity index (χ1v) is 7.76. The molecule has 2 nitrogen and oxygen atoms in total. The Kier molecular flexibility index (Phi) is 3.64. The number of para-hydroxylation sites is 1. The highest BCUT2D eigenvalue weighted by molar-refractivity contribution is 5.91. The summed E-state index contributed by atoms with van der Waals surface area (Å²) in [6.07, 6.45) is 3.89. The smallest absolute Gasteiger partial charge is 0.0725 e. The molecule has 0 radical (unpaired) electrons. The predicted octanol–water partition coefficient (Wildman–Crippen LogP) is 4.78. The number of rotatable bonds is 2. The SMILES string of the molecule is Cc1cc(NC2CCC(C)C(C)C2)c2ccccc2n1. The Morgan fingerprint density at radius 1 is 1.10 bits per heavy atom. The Hall–Kier alpha value is -1.57. The number of hydrogen-bond acceptors (Lipinski definition) is 2. The number of fused-ring (bicyclic) bond motifs is 1. The molecule has 1 saturated carbocycles. The molecule has 2 heteroatoms. The van der Waals surface area contributed by atoms with Crippen molar-refractivity contribution in [3.05, 3.63) is 36.0 Å². The van der Waals surface area contributed by atoms with Gasteiger partial charge in [-0.2, -0.15) is 0 Å². The largest absolute Gasteiger partial charge is 0.382 e. The van der Waals surface area contributed by atoms with Gasteiger partial charge in [-0.15, -0.1) is 0 Å². The summed E-state index contributed by atoms with van der Waals surface area (Å²) < 4.78 is 0. The highest BCUT2D eigenvalue weighted by Crippen LogP contribution is 2.32. The standard InChI is InChI=1S/C18H24N2/c1-12-8-9-15(10-13(12)2)20-18-11-14(3)19-17-7-5-4-6-16(17)18/h4-7,11-13,15H,8-10H2,1-3H3,(H,19,20). The summed E-state index contributed by atoms with van der Waals surface area (Å²) in [5.74, 6) is 1.68. The number of aromatic nitrogens is 1.